The summed E-state index contributed by atoms with van der Waals surface area (Å²) in [5.41, 5.74) is 6.16. The van der Waals surface area contributed by atoms with E-state index >= 15 is 0 Å². The highest BCUT2D eigenvalue weighted by Crippen LogP contribution is 2.26. The summed E-state index contributed by atoms with van der Waals surface area (Å²) in [5.74, 6) is 0.990. The molecule has 3 atom stereocenters. The Bertz CT molecular complexity index is 350. The summed E-state index contributed by atoms with van der Waals surface area (Å²) in [6, 6.07) is 4.88. The molecule has 0 amide bonds. The van der Waals surface area contributed by atoms with E-state index in [0.717, 1.165) is 25.4 Å². The Balaban J connectivity index is 2.12. The molecule has 102 valence electrons. The summed E-state index contributed by atoms with van der Waals surface area (Å²) >= 11 is 0. The van der Waals surface area contributed by atoms with E-state index in [1.807, 2.05) is 12.1 Å². The third-order valence-electron chi connectivity index (χ3n) is 4.01. The van der Waals surface area contributed by atoms with E-state index in [-0.39, 0.29) is 12.1 Å². The third kappa shape index (κ3) is 2.76. The van der Waals surface area contributed by atoms with Gasteiger partial charge in [-0.2, -0.15) is 0 Å². The van der Waals surface area contributed by atoms with Crippen molar-refractivity contribution < 1.29 is 4.42 Å². The molecule has 18 heavy (non-hydrogen) atoms. The molecule has 2 heterocycles. The molecular formula is C14H25N3O. The maximum Gasteiger partial charge on any atom is 0.122 e. The molecule has 1 aliphatic rings. The van der Waals surface area contributed by atoms with Gasteiger partial charge in [0.2, 0.25) is 0 Å². The van der Waals surface area contributed by atoms with Crippen molar-refractivity contribution in [3.8, 4) is 0 Å². The SMILES string of the molecule is CCC1CN(C(c2ccco2)C(C)N)CCN1C. The van der Waals surface area contributed by atoms with Crippen LogP contribution in [0.5, 0.6) is 0 Å². The first kappa shape index (κ1) is 13.6. The van der Waals surface area contributed by atoms with E-state index in [2.05, 4.69) is 30.7 Å². The monoisotopic (exact) mass is 251 g/mol. The van der Waals surface area contributed by atoms with Crippen molar-refractivity contribution in [2.45, 2.75) is 38.4 Å². The van der Waals surface area contributed by atoms with Gasteiger partial charge in [0.1, 0.15) is 5.76 Å². The Labute approximate surface area is 110 Å². The van der Waals surface area contributed by atoms with Crippen molar-refractivity contribution >= 4 is 0 Å². The minimum absolute atomic E-state index is 0.0806. The lowest BCUT2D eigenvalue weighted by atomic mass is 10.0. The molecule has 0 radical (unpaired) electrons. The first-order chi connectivity index (χ1) is 8.63. The van der Waals surface area contributed by atoms with Gasteiger partial charge in [-0.05, 0) is 32.5 Å². The lowest BCUT2D eigenvalue weighted by Crippen LogP contribution is -2.54. The van der Waals surface area contributed by atoms with E-state index in [1.165, 1.54) is 6.42 Å². The number of nitrogens with zero attached hydrogens (tertiary/aromatic N) is 2. The predicted octanol–water partition coefficient (Wildman–Crippen LogP) is 1.69. The molecule has 1 saturated heterocycles. The maximum absolute atomic E-state index is 6.16. The van der Waals surface area contributed by atoms with Gasteiger partial charge in [0.25, 0.3) is 0 Å². The fraction of sp³-hybridized carbons (Fsp3) is 0.714. The number of hydrogen-bond donors (Lipinski definition) is 1. The van der Waals surface area contributed by atoms with Crippen LogP contribution in [0.25, 0.3) is 0 Å². The van der Waals surface area contributed by atoms with Gasteiger partial charge >= 0.3 is 0 Å². The number of hydrogen-bond acceptors (Lipinski definition) is 4. The first-order valence-electron chi connectivity index (χ1n) is 6.86. The maximum atomic E-state index is 6.16. The van der Waals surface area contributed by atoms with Crippen molar-refractivity contribution in [1.29, 1.82) is 0 Å². The third-order valence-corrected chi connectivity index (χ3v) is 4.01. The Hall–Kier alpha value is -0.840. The summed E-state index contributed by atoms with van der Waals surface area (Å²) in [6.45, 7) is 7.53. The molecule has 1 aromatic heterocycles. The predicted molar refractivity (Wildman–Crippen MR) is 73.4 cm³/mol. The van der Waals surface area contributed by atoms with Crippen LogP contribution in [-0.4, -0.2) is 48.6 Å². The van der Waals surface area contributed by atoms with E-state index < -0.39 is 0 Å². The molecule has 0 aromatic carbocycles. The second kappa shape index (κ2) is 5.87. The molecule has 0 saturated carbocycles. The molecule has 0 bridgehead atoms. The van der Waals surface area contributed by atoms with Crippen molar-refractivity contribution in [2.75, 3.05) is 26.7 Å². The quantitative estimate of drug-likeness (QED) is 0.884. The summed E-state index contributed by atoms with van der Waals surface area (Å²) in [5, 5.41) is 0. The minimum atomic E-state index is 0.0806. The van der Waals surface area contributed by atoms with Crippen LogP contribution >= 0.6 is 0 Å². The number of nitrogens with two attached hydrogens (primary N) is 1. The smallest absolute Gasteiger partial charge is 0.122 e. The zero-order valence-electron chi connectivity index (χ0n) is 11.7. The molecule has 3 unspecified atom stereocenters. The zero-order valence-corrected chi connectivity index (χ0v) is 11.7. The highest BCUT2D eigenvalue weighted by atomic mass is 16.3. The number of rotatable bonds is 4. The topological polar surface area (TPSA) is 45.6 Å². The normalized spacial score (nSPS) is 26.1. The molecule has 1 aliphatic heterocycles. The van der Waals surface area contributed by atoms with Gasteiger partial charge in [0, 0.05) is 31.7 Å². The van der Waals surface area contributed by atoms with E-state index in [0.29, 0.717) is 6.04 Å². The van der Waals surface area contributed by atoms with Gasteiger partial charge in [0.15, 0.2) is 0 Å². The fourth-order valence-electron chi connectivity index (χ4n) is 2.89. The summed E-state index contributed by atoms with van der Waals surface area (Å²) in [7, 11) is 2.21. The molecule has 0 aliphatic carbocycles. The van der Waals surface area contributed by atoms with Crippen molar-refractivity contribution in [2.24, 2.45) is 5.73 Å². The van der Waals surface area contributed by atoms with E-state index in [9.17, 15) is 0 Å². The molecule has 1 aromatic rings. The van der Waals surface area contributed by atoms with Crippen molar-refractivity contribution in [1.82, 2.24) is 9.80 Å². The molecule has 2 N–H and O–H groups in total. The van der Waals surface area contributed by atoms with Crippen LogP contribution in [0, 0.1) is 0 Å². The van der Waals surface area contributed by atoms with Crippen molar-refractivity contribution in [3.05, 3.63) is 24.2 Å². The number of furan rings is 1. The van der Waals surface area contributed by atoms with Crippen LogP contribution in [0.15, 0.2) is 22.8 Å². The van der Waals surface area contributed by atoms with Crippen LogP contribution in [0.4, 0.5) is 0 Å². The molecule has 1 fully saturated rings. The molecular weight excluding hydrogens is 226 g/mol. The Morgan fingerprint density at radius 1 is 1.50 bits per heavy atom. The fourth-order valence-corrected chi connectivity index (χ4v) is 2.89. The summed E-state index contributed by atoms with van der Waals surface area (Å²) in [4.78, 5) is 4.91. The highest BCUT2D eigenvalue weighted by molar-refractivity contribution is 5.08. The average Bonchev–Trinajstić information content (AvgIpc) is 2.84. The average molecular weight is 251 g/mol. The highest BCUT2D eigenvalue weighted by Gasteiger charge is 2.32. The standard InChI is InChI=1S/C14H25N3O/c1-4-12-10-17(8-7-16(12)3)14(11(2)15)13-6-5-9-18-13/h5-6,9,11-12,14H,4,7-8,10,15H2,1-3H3. The van der Waals surface area contributed by atoms with Crippen LogP contribution in [-0.2, 0) is 0 Å². The molecule has 2 rings (SSSR count). The molecule has 4 nitrogen and oxygen atoms in total. The summed E-state index contributed by atoms with van der Waals surface area (Å²) in [6.07, 6.45) is 2.91. The molecule has 4 heteroatoms. The second-order valence-electron chi connectivity index (χ2n) is 5.36. The lowest BCUT2D eigenvalue weighted by molar-refractivity contribution is 0.0473. The minimum Gasteiger partial charge on any atom is -0.468 e. The van der Waals surface area contributed by atoms with Gasteiger partial charge in [-0.25, -0.2) is 0 Å². The van der Waals surface area contributed by atoms with E-state index in [1.54, 1.807) is 6.26 Å². The first-order valence-corrected chi connectivity index (χ1v) is 6.86. The van der Waals surface area contributed by atoms with Gasteiger partial charge in [-0.15, -0.1) is 0 Å². The number of piperazine rings is 1. The Morgan fingerprint density at radius 2 is 2.28 bits per heavy atom. The zero-order chi connectivity index (χ0) is 13.1. The lowest BCUT2D eigenvalue weighted by Gasteiger charge is -2.43. The Kier molecular flexibility index (Phi) is 4.43. The van der Waals surface area contributed by atoms with Gasteiger partial charge < -0.3 is 15.1 Å². The number of likely N-dealkylation sites (N-methyl/N-ethyl adjacent to an activating group) is 1. The second-order valence-corrected chi connectivity index (χ2v) is 5.36. The molecule has 0 spiro atoms. The van der Waals surface area contributed by atoms with Crippen molar-refractivity contribution in [3.63, 3.8) is 0 Å². The van der Waals surface area contributed by atoms with Crippen LogP contribution in [0.1, 0.15) is 32.1 Å². The summed E-state index contributed by atoms with van der Waals surface area (Å²) < 4.78 is 5.57. The van der Waals surface area contributed by atoms with Crippen LogP contribution < -0.4 is 5.73 Å². The van der Waals surface area contributed by atoms with Crippen LogP contribution in [0.3, 0.4) is 0 Å². The van der Waals surface area contributed by atoms with E-state index in [4.69, 9.17) is 10.2 Å². The Morgan fingerprint density at radius 3 is 2.83 bits per heavy atom. The van der Waals surface area contributed by atoms with Crippen LogP contribution in [0.2, 0.25) is 0 Å². The van der Waals surface area contributed by atoms with Gasteiger partial charge in [0.05, 0.1) is 12.3 Å². The van der Waals surface area contributed by atoms with Gasteiger partial charge in [-0.3, -0.25) is 4.90 Å². The van der Waals surface area contributed by atoms with Gasteiger partial charge in [-0.1, -0.05) is 6.92 Å². The largest absolute Gasteiger partial charge is 0.468 e.